The molecule has 0 spiro atoms. The summed E-state index contributed by atoms with van der Waals surface area (Å²) in [5.41, 5.74) is 1.18. The summed E-state index contributed by atoms with van der Waals surface area (Å²) in [5, 5.41) is 0. The average Bonchev–Trinajstić information content (AvgIpc) is 3.25. The van der Waals surface area contributed by atoms with Gasteiger partial charge in [-0.25, -0.2) is 0 Å². The Morgan fingerprint density at radius 1 is 1.37 bits per heavy atom. The highest BCUT2D eigenvalue weighted by Gasteiger charge is 2.44. The number of likely N-dealkylation sites (N-methyl/N-ethyl adjacent to an activating group) is 1. The van der Waals surface area contributed by atoms with Crippen molar-refractivity contribution in [3.63, 3.8) is 0 Å². The van der Waals surface area contributed by atoms with Gasteiger partial charge in [0.15, 0.2) is 11.5 Å². The van der Waals surface area contributed by atoms with E-state index in [1.165, 1.54) is 5.56 Å². The number of ether oxygens (including phenoxy) is 2. The lowest BCUT2D eigenvalue weighted by molar-refractivity contribution is -0.130. The van der Waals surface area contributed by atoms with E-state index in [9.17, 15) is 4.79 Å². The molecule has 1 amide bonds. The molecule has 19 heavy (non-hydrogen) atoms. The van der Waals surface area contributed by atoms with Gasteiger partial charge in [0.05, 0.1) is 0 Å². The van der Waals surface area contributed by atoms with Crippen LogP contribution in [0, 0.1) is 0 Å². The summed E-state index contributed by atoms with van der Waals surface area (Å²) in [6.45, 7) is 3.11. The number of hydrogen-bond acceptors (Lipinski definition) is 3. The van der Waals surface area contributed by atoms with Crippen molar-refractivity contribution in [1.29, 1.82) is 0 Å². The van der Waals surface area contributed by atoms with Crippen molar-refractivity contribution in [1.82, 2.24) is 4.90 Å². The minimum absolute atomic E-state index is 0.203. The van der Waals surface area contributed by atoms with Crippen molar-refractivity contribution in [3.05, 3.63) is 23.8 Å². The summed E-state index contributed by atoms with van der Waals surface area (Å²) in [5.74, 6) is 2.30. The first kappa shape index (κ1) is 12.3. The van der Waals surface area contributed by atoms with Crippen LogP contribution in [0.25, 0.3) is 0 Å². The van der Waals surface area contributed by atoms with E-state index in [0.717, 1.165) is 17.9 Å². The van der Waals surface area contributed by atoms with Crippen LogP contribution in [0.4, 0.5) is 0 Å². The molecule has 0 saturated heterocycles. The molecule has 1 aliphatic heterocycles. The third-order valence-electron chi connectivity index (χ3n) is 3.95. The fraction of sp³-hybridized carbons (Fsp3) is 0.533. The number of rotatable bonds is 3. The van der Waals surface area contributed by atoms with Gasteiger partial charge < -0.3 is 14.4 Å². The van der Waals surface area contributed by atoms with E-state index in [1.54, 1.807) is 0 Å². The maximum Gasteiger partial charge on any atom is 0.222 e. The van der Waals surface area contributed by atoms with Crippen molar-refractivity contribution < 1.29 is 14.3 Å². The Kier molecular flexibility index (Phi) is 3.09. The van der Waals surface area contributed by atoms with Gasteiger partial charge in [0.1, 0.15) is 13.2 Å². The Balaban J connectivity index is 1.80. The van der Waals surface area contributed by atoms with Crippen molar-refractivity contribution in [2.75, 3.05) is 20.3 Å². The van der Waals surface area contributed by atoms with Gasteiger partial charge in [-0.3, -0.25) is 4.79 Å². The van der Waals surface area contributed by atoms with E-state index >= 15 is 0 Å². The number of carbonyl (C=O) groups is 1. The summed E-state index contributed by atoms with van der Waals surface area (Å²) in [6, 6.07) is 6.34. The van der Waals surface area contributed by atoms with Crippen molar-refractivity contribution in [2.45, 2.75) is 31.7 Å². The Bertz CT molecular complexity index is 500. The van der Waals surface area contributed by atoms with Gasteiger partial charge in [-0.15, -0.1) is 0 Å². The molecule has 3 rings (SSSR count). The number of benzene rings is 1. The van der Waals surface area contributed by atoms with E-state index < -0.39 is 0 Å². The van der Waals surface area contributed by atoms with Gasteiger partial charge in [0.2, 0.25) is 5.91 Å². The third-order valence-corrected chi connectivity index (χ3v) is 3.95. The molecule has 0 aromatic heterocycles. The molecule has 1 aromatic rings. The number of fused-ring (bicyclic) bond motifs is 1. The first-order valence-electron chi connectivity index (χ1n) is 6.86. The van der Waals surface area contributed by atoms with Crippen LogP contribution < -0.4 is 9.47 Å². The largest absolute Gasteiger partial charge is 0.486 e. The van der Waals surface area contributed by atoms with E-state index in [-0.39, 0.29) is 5.91 Å². The normalized spacial score (nSPS) is 23.9. The van der Waals surface area contributed by atoms with Gasteiger partial charge in [-0.05, 0) is 12.5 Å². The number of nitrogens with zero attached hydrogens (tertiary/aromatic N) is 1. The summed E-state index contributed by atoms with van der Waals surface area (Å²) < 4.78 is 11.3. The maximum atomic E-state index is 11.7. The standard InChI is InChI=1S/C15H19NO3/c1-3-14(17)16(2)12-9-11(12)10-5-4-6-13-15(10)19-8-7-18-13/h4-6,11-12H,3,7-9H2,1-2H3. The molecule has 1 heterocycles. The molecule has 2 atom stereocenters. The van der Waals surface area contributed by atoms with Crippen LogP contribution in [0.2, 0.25) is 0 Å². The molecule has 102 valence electrons. The highest BCUT2D eigenvalue weighted by atomic mass is 16.6. The summed E-state index contributed by atoms with van der Waals surface area (Å²) >= 11 is 0. The molecule has 1 fully saturated rings. The Hall–Kier alpha value is -1.71. The monoisotopic (exact) mass is 261 g/mol. The lowest BCUT2D eigenvalue weighted by atomic mass is 10.1. The van der Waals surface area contributed by atoms with E-state index in [2.05, 4.69) is 6.07 Å². The third kappa shape index (κ3) is 2.15. The zero-order chi connectivity index (χ0) is 13.4. The minimum atomic E-state index is 0.203. The molecule has 4 nitrogen and oxygen atoms in total. The molecule has 1 aromatic carbocycles. The number of amides is 1. The molecular formula is C15H19NO3. The van der Waals surface area contributed by atoms with Gasteiger partial charge in [-0.2, -0.15) is 0 Å². The maximum absolute atomic E-state index is 11.7. The SMILES string of the molecule is CCC(=O)N(C)C1CC1c1cccc2c1OCCO2. The fourth-order valence-electron chi connectivity index (χ4n) is 2.77. The molecular weight excluding hydrogens is 242 g/mol. The Morgan fingerprint density at radius 3 is 2.95 bits per heavy atom. The second kappa shape index (κ2) is 4.76. The predicted octanol–water partition coefficient (Wildman–Crippen LogP) is 2.18. The van der Waals surface area contributed by atoms with Crippen LogP contribution in [0.1, 0.15) is 31.2 Å². The number of para-hydroxylation sites is 1. The first-order valence-corrected chi connectivity index (χ1v) is 6.86. The van der Waals surface area contributed by atoms with Crippen molar-refractivity contribution in [2.24, 2.45) is 0 Å². The highest BCUT2D eigenvalue weighted by molar-refractivity contribution is 5.76. The second-order valence-electron chi connectivity index (χ2n) is 5.14. The summed E-state index contributed by atoms with van der Waals surface area (Å²) in [7, 11) is 1.89. The van der Waals surface area contributed by atoms with Gasteiger partial charge in [0.25, 0.3) is 0 Å². The highest BCUT2D eigenvalue weighted by Crippen LogP contribution is 2.50. The smallest absolute Gasteiger partial charge is 0.222 e. The zero-order valence-corrected chi connectivity index (χ0v) is 11.4. The molecule has 0 bridgehead atoms. The van der Waals surface area contributed by atoms with Crippen molar-refractivity contribution in [3.8, 4) is 11.5 Å². The molecule has 2 unspecified atom stereocenters. The molecule has 1 aliphatic carbocycles. The van der Waals surface area contributed by atoms with E-state index in [0.29, 0.717) is 31.6 Å². The van der Waals surface area contributed by atoms with E-state index in [4.69, 9.17) is 9.47 Å². The van der Waals surface area contributed by atoms with Gasteiger partial charge in [-0.1, -0.05) is 19.1 Å². The van der Waals surface area contributed by atoms with Crippen LogP contribution in [-0.2, 0) is 4.79 Å². The van der Waals surface area contributed by atoms with Crippen LogP contribution in [0.3, 0.4) is 0 Å². The zero-order valence-electron chi connectivity index (χ0n) is 11.4. The topological polar surface area (TPSA) is 38.8 Å². The Labute approximate surface area is 113 Å². The van der Waals surface area contributed by atoms with Crippen LogP contribution in [0.15, 0.2) is 18.2 Å². The number of hydrogen-bond donors (Lipinski definition) is 0. The molecule has 1 saturated carbocycles. The predicted molar refractivity (Wildman–Crippen MR) is 71.6 cm³/mol. The Morgan fingerprint density at radius 2 is 2.16 bits per heavy atom. The minimum Gasteiger partial charge on any atom is -0.486 e. The second-order valence-corrected chi connectivity index (χ2v) is 5.14. The quantitative estimate of drug-likeness (QED) is 0.837. The number of carbonyl (C=O) groups excluding carboxylic acids is 1. The lowest BCUT2D eigenvalue weighted by Gasteiger charge is -2.22. The molecule has 0 radical (unpaired) electrons. The van der Waals surface area contributed by atoms with Gasteiger partial charge in [0, 0.05) is 31.0 Å². The van der Waals surface area contributed by atoms with Crippen LogP contribution in [-0.4, -0.2) is 37.1 Å². The van der Waals surface area contributed by atoms with E-state index in [1.807, 2.05) is 31.0 Å². The molecule has 0 N–H and O–H groups in total. The summed E-state index contributed by atoms with van der Waals surface area (Å²) in [4.78, 5) is 13.6. The fourth-order valence-corrected chi connectivity index (χ4v) is 2.77. The van der Waals surface area contributed by atoms with Crippen molar-refractivity contribution >= 4 is 5.91 Å². The first-order chi connectivity index (χ1) is 9.22. The molecule has 4 heteroatoms. The van der Waals surface area contributed by atoms with Gasteiger partial charge >= 0.3 is 0 Å². The lowest BCUT2D eigenvalue weighted by Crippen LogP contribution is -2.29. The molecule has 2 aliphatic rings. The summed E-state index contributed by atoms with van der Waals surface area (Å²) in [6.07, 6.45) is 1.58. The van der Waals surface area contributed by atoms with Crippen LogP contribution >= 0.6 is 0 Å². The average molecular weight is 261 g/mol. The van der Waals surface area contributed by atoms with Crippen LogP contribution in [0.5, 0.6) is 11.5 Å².